The van der Waals surface area contributed by atoms with Crippen molar-refractivity contribution in [1.82, 2.24) is 9.97 Å². The molecule has 1 aromatic carbocycles. The number of hydrogen-bond donors (Lipinski definition) is 1. The van der Waals surface area contributed by atoms with Crippen LogP contribution in [0.3, 0.4) is 0 Å². The van der Waals surface area contributed by atoms with Gasteiger partial charge in [-0.2, -0.15) is 4.98 Å². The number of nitrogens with zero attached hydrogens (tertiary/aromatic N) is 3. The van der Waals surface area contributed by atoms with Crippen molar-refractivity contribution in [2.75, 3.05) is 23.3 Å². The first-order valence-corrected chi connectivity index (χ1v) is 8.17. The largest absolute Gasteiger partial charge is 0.341 e. The second kappa shape index (κ2) is 6.71. The van der Waals surface area contributed by atoms with Crippen molar-refractivity contribution in [2.24, 2.45) is 5.92 Å². The van der Waals surface area contributed by atoms with E-state index in [1.54, 1.807) is 18.3 Å². The summed E-state index contributed by atoms with van der Waals surface area (Å²) < 4.78 is 0. The van der Waals surface area contributed by atoms with Crippen LogP contribution in [0, 0.1) is 5.92 Å². The van der Waals surface area contributed by atoms with Crippen molar-refractivity contribution in [3.63, 3.8) is 0 Å². The zero-order valence-electron chi connectivity index (χ0n) is 12.4. The first kappa shape index (κ1) is 15.4. The summed E-state index contributed by atoms with van der Waals surface area (Å²) in [5.41, 5.74) is 0.781. The van der Waals surface area contributed by atoms with E-state index in [-0.39, 0.29) is 0 Å². The first-order chi connectivity index (χ1) is 10.6. The Morgan fingerprint density at radius 1 is 1.18 bits per heavy atom. The van der Waals surface area contributed by atoms with E-state index in [4.69, 9.17) is 23.2 Å². The lowest BCUT2D eigenvalue weighted by Gasteiger charge is -2.30. The minimum absolute atomic E-state index is 0.569. The van der Waals surface area contributed by atoms with Crippen LogP contribution in [0.25, 0.3) is 0 Å². The van der Waals surface area contributed by atoms with Gasteiger partial charge in [0.2, 0.25) is 5.95 Å². The summed E-state index contributed by atoms with van der Waals surface area (Å²) in [6.45, 7) is 4.30. The molecule has 1 aliphatic rings. The highest BCUT2D eigenvalue weighted by Gasteiger charge is 2.18. The van der Waals surface area contributed by atoms with Crippen LogP contribution in [0.1, 0.15) is 19.8 Å². The van der Waals surface area contributed by atoms with Crippen LogP contribution in [-0.2, 0) is 0 Å². The Hall–Kier alpha value is -1.52. The fraction of sp³-hybridized carbons (Fsp3) is 0.375. The highest BCUT2D eigenvalue weighted by Crippen LogP contribution is 2.28. The standard InChI is InChI=1S/C16H18Cl2N4/c1-11-5-8-22(9-6-11)16-19-7-4-15(21-16)20-14-3-2-12(17)10-13(14)18/h2-4,7,10-11H,5-6,8-9H2,1H3,(H,19,20,21). The normalized spacial score (nSPS) is 15.9. The van der Waals surface area contributed by atoms with Gasteiger partial charge >= 0.3 is 0 Å². The maximum atomic E-state index is 6.18. The molecule has 1 fully saturated rings. The maximum absolute atomic E-state index is 6.18. The van der Waals surface area contributed by atoms with Crippen LogP contribution in [0.2, 0.25) is 10.0 Å². The lowest BCUT2D eigenvalue weighted by Crippen LogP contribution is -2.34. The Labute approximate surface area is 140 Å². The van der Waals surface area contributed by atoms with Crippen LogP contribution in [0.4, 0.5) is 17.5 Å². The van der Waals surface area contributed by atoms with Gasteiger partial charge in [-0.1, -0.05) is 30.1 Å². The molecule has 0 bridgehead atoms. The lowest BCUT2D eigenvalue weighted by molar-refractivity contribution is 0.434. The molecule has 0 atom stereocenters. The number of halogens is 2. The van der Waals surface area contributed by atoms with E-state index in [1.807, 2.05) is 12.1 Å². The smallest absolute Gasteiger partial charge is 0.227 e. The number of anilines is 3. The average molecular weight is 337 g/mol. The van der Waals surface area contributed by atoms with Gasteiger partial charge in [0.05, 0.1) is 10.7 Å². The summed E-state index contributed by atoms with van der Waals surface area (Å²) in [5, 5.41) is 4.40. The van der Waals surface area contributed by atoms with Crippen LogP contribution in [0.5, 0.6) is 0 Å². The number of benzene rings is 1. The van der Waals surface area contributed by atoms with E-state index in [0.29, 0.717) is 10.0 Å². The average Bonchev–Trinajstić information content (AvgIpc) is 2.51. The van der Waals surface area contributed by atoms with Gasteiger partial charge < -0.3 is 10.2 Å². The highest BCUT2D eigenvalue weighted by atomic mass is 35.5. The molecule has 22 heavy (non-hydrogen) atoms. The molecule has 0 amide bonds. The molecule has 1 saturated heterocycles. The summed E-state index contributed by atoms with van der Waals surface area (Å²) in [6, 6.07) is 7.18. The van der Waals surface area contributed by atoms with Crippen molar-refractivity contribution < 1.29 is 0 Å². The number of nitrogens with one attached hydrogen (secondary N) is 1. The molecule has 2 heterocycles. The summed E-state index contributed by atoms with van der Waals surface area (Å²) in [4.78, 5) is 11.2. The third-order valence-corrected chi connectivity index (χ3v) is 4.45. The van der Waals surface area contributed by atoms with Gasteiger partial charge in [-0.05, 0) is 43.0 Å². The lowest BCUT2D eigenvalue weighted by atomic mass is 10.00. The van der Waals surface area contributed by atoms with Crippen LogP contribution in [0.15, 0.2) is 30.5 Å². The third-order valence-electron chi connectivity index (χ3n) is 3.90. The van der Waals surface area contributed by atoms with E-state index in [1.165, 1.54) is 12.8 Å². The molecule has 0 spiro atoms. The number of piperidine rings is 1. The monoisotopic (exact) mass is 336 g/mol. The Bertz CT molecular complexity index is 654. The molecule has 0 radical (unpaired) electrons. The molecular formula is C16H18Cl2N4. The van der Waals surface area contributed by atoms with Crippen LogP contribution < -0.4 is 10.2 Å². The van der Waals surface area contributed by atoms with E-state index in [9.17, 15) is 0 Å². The topological polar surface area (TPSA) is 41.1 Å². The molecule has 1 N–H and O–H groups in total. The van der Waals surface area contributed by atoms with Crippen LogP contribution >= 0.6 is 23.2 Å². The van der Waals surface area contributed by atoms with Crippen molar-refractivity contribution in [3.05, 3.63) is 40.5 Å². The molecule has 6 heteroatoms. The predicted molar refractivity (Wildman–Crippen MR) is 92.4 cm³/mol. The van der Waals surface area contributed by atoms with Crippen LogP contribution in [-0.4, -0.2) is 23.1 Å². The van der Waals surface area contributed by atoms with Crippen molar-refractivity contribution in [2.45, 2.75) is 19.8 Å². The highest BCUT2D eigenvalue weighted by molar-refractivity contribution is 6.36. The Kier molecular flexibility index (Phi) is 4.69. The van der Waals surface area contributed by atoms with E-state index < -0.39 is 0 Å². The van der Waals surface area contributed by atoms with Gasteiger partial charge in [-0.25, -0.2) is 4.98 Å². The molecule has 3 rings (SSSR count). The minimum atomic E-state index is 0.569. The maximum Gasteiger partial charge on any atom is 0.227 e. The number of rotatable bonds is 3. The molecule has 0 unspecified atom stereocenters. The van der Waals surface area contributed by atoms with Gasteiger partial charge in [0.1, 0.15) is 5.82 Å². The molecule has 0 saturated carbocycles. The number of aromatic nitrogens is 2. The van der Waals surface area contributed by atoms with Gasteiger partial charge in [0.15, 0.2) is 0 Å². The molecule has 1 aliphatic heterocycles. The van der Waals surface area contributed by atoms with E-state index >= 15 is 0 Å². The fourth-order valence-electron chi connectivity index (χ4n) is 2.51. The summed E-state index contributed by atoms with van der Waals surface area (Å²) in [6.07, 6.45) is 4.14. The Morgan fingerprint density at radius 3 is 2.68 bits per heavy atom. The SMILES string of the molecule is CC1CCN(c2nccc(Nc3ccc(Cl)cc3Cl)n2)CC1. The molecule has 4 nitrogen and oxygen atoms in total. The second-order valence-electron chi connectivity index (χ2n) is 5.66. The fourth-order valence-corrected chi connectivity index (χ4v) is 2.96. The summed E-state index contributed by atoms with van der Waals surface area (Å²) in [5.74, 6) is 2.28. The molecule has 2 aromatic rings. The summed E-state index contributed by atoms with van der Waals surface area (Å²) >= 11 is 12.1. The molecule has 0 aliphatic carbocycles. The zero-order valence-corrected chi connectivity index (χ0v) is 13.9. The second-order valence-corrected chi connectivity index (χ2v) is 6.50. The molecule has 1 aromatic heterocycles. The van der Waals surface area contributed by atoms with Gasteiger partial charge in [0, 0.05) is 24.3 Å². The predicted octanol–water partition coefficient (Wildman–Crippen LogP) is 4.76. The van der Waals surface area contributed by atoms with Gasteiger partial charge in [0.25, 0.3) is 0 Å². The van der Waals surface area contributed by atoms with Gasteiger partial charge in [-0.15, -0.1) is 0 Å². The Balaban J connectivity index is 1.76. The first-order valence-electron chi connectivity index (χ1n) is 7.42. The molecular weight excluding hydrogens is 319 g/mol. The Morgan fingerprint density at radius 2 is 1.95 bits per heavy atom. The molecule has 116 valence electrons. The summed E-state index contributed by atoms with van der Waals surface area (Å²) in [7, 11) is 0. The van der Waals surface area contributed by atoms with Crippen molar-refractivity contribution in [1.29, 1.82) is 0 Å². The third kappa shape index (κ3) is 3.62. The zero-order chi connectivity index (χ0) is 15.5. The quantitative estimate of drug-likeness (QED) is 0.876. The van der Waals surface area contributed by atoms with Gasteiger partial charge in [-0.3, -0.25) is 0 Å². The minimum Gasteiger partial charge on any atom is -0.341 e. The van der Waals surface area contributed by atoms with E-state index in [0.717, 1.165) is 36.5 Å². The van der Waals surface area contributed by atoms with Crippen molar-refractivity contribution >= 4 is 40.7 Å². The van der Waals surface area contributed by atoms with Crippen molar-refractivity contribution in [3.8, 4) is 0 Å². The van der Waals surface area contributed by atoms with E-state index in [2.05, 4.69) is 27.1 Å². The number of hydrogen-bond acceptors (Lipinski definition) is 4.